The second kappa shape index (κ2) is 6.40. The lowest BCUT2D eigenvalue weighted by atomic mass is 10.0. The van der Waals surface area contributed by atoms with Crippen LogP contribution in [-0.2, 0) is 16.0 Å². The highest BCUT2D eigenvalue weighted by Crippen LogP contribution is 2.25. The second-order valence-corrected chi connectivity index (χ2v) is 4.01. The van der Waals surface area contributed by atoms with Gasteiger partial charge in [0.2, 0.25) is 5.91 Å². The number of carbonyl (C=O) groups is 1. The minimum absolute atomic E-state index is 0.0162. The number of rotatable bonds is 5. The largest absolute Gasteiger partial charge is 0.361 e. The van der Waals surface area contributed by atoms with Crippen LogP contribution in [0.1, 0.15) is 31.9 Å². The van der Waals surface area contributed by atoms with Gasteiger partial charge in [-0.05, 0) is 31.4 Å². The van der Waals surface area contributed by atoms with Crippen molar-refractivity contribution in [2.45, 2.75) is 34.1 Å². The van der Waals surface area contributed by atoms with E-state index in [1.54, 1.807) is 11.8 Å². The van der Waals surface area contributed by atoms with Gasteiger partial charge in [-0.15, -0.1) is 0 Å². The topological polar surface area (TPSA) is 29.5 Å². The molecular weight excluding hydrogens is 214 g/mol. The van der Waals surface area contributed by atoms with Crippen LogP contribution in [0, 0.1) is 6.92 Å². The molecule has 0 radical (unpaired) electrons. The highest BCUT2D eigenvalue weighted by Gasteiger charge is 2.16. The number of carbonyl (C=O) groups excluding carboxylic acids is 1. The zero-order valence-corrected chi connectivity index (χ0v) is 11.1. The summed E-state index contributed by atoms with van der Waals surface area (Å²) in [4.78, 5) is 13.4. The minimum Gasteiger partial charge on any atom is -0.361 e. The number of nitrogens with zero attached hydrogens (tertiary/aromatic N) is 1. The van der Waals surface area contributed by atoms with Crippen LogP contribution >= 0.6 is 0 Å². The molecule has 0 aliphatic rings. The Bertz CT molecular complexity index is 388. The lowest BCUT2D eigenvalue weighted by Gasteiger charge is -2.25. The molecule has 1 aromatic carbocycles. The summed E-state index contributed by atoms with van der Waals surface area (Å²) in [6, 6.07) is 6.11. The molecule has 0 N–H and O–H groups in total. The van der Waals surface area contributed by atoms with Crippen molar-refractivity contribution < 1.29 is 9.53 Å². The van der Waals surface area contributed by atoms with Gasteiger partial charge in [-0.3, -0.25) is 9.69 Å². The van der Waals surface area contributed by atoms with Crippen molar-refractivity contribution in [3.05, 3.63) is 29.3 Å². The number of ether oxygens (including phenoxy) is 1. The molecule has 0 fully saturated rings. The van der Waals surface area contributed by atoms with Gasteiger partial charge in [0.15, 0.2) is 0 Å². The van der Waals surface area contributed by atoms with Crippen molar-refractivity contribution in [3.63, 3.8) is 0 Å². The molecule has 0 bridgehead atoms. The fraction of sp³-hybridized carbons (Fsp3) is 0.500. The molecule has 0 saturated heterocycles. The number of hydrogen-bond donors (Lipinski definition) is 0. The molecule has 0 aliphatic heterocycles. The molecule has 0 aliphatic carbocycles. The number of para-hydroxylation sites is 1. The Morgan fingerprint density at radius 3 is 2.59 bits per heavy atom. The van der Waals surface area contributed by atoms with Crippen molar-refractivity contribution >= 4 is 11.6 Å². The van der Waals surface area contributed by atoms with E-state index in [4.69, 9.17) is 4.74 Å². The van der Waals surface area contributed by atoms with E-state index >= 15 is 0 Å². The lowest BCUT2D eigenvalue weighted by Crippen LogP contribution is -2.32. The molecule has 0 saturated carbocycles. The summed E-state index contributed by atoms with van der Waals surface area (Å²) in [5.74, 6) is 0.0162. The lowest BCUT2D eigenvalue weighted by molar-refractivity contribution is -0.117. The summed E-state index contributed by atoms with van der Waals surface area (Å²) in [6.07, 6.45) is 0.910. The van der Waals surface area contributed by atoms with Crippen molar-refractivity contribution in [1.29, 1.82) is 0 Å². The fourth-order valence-corrected chi connectivity index (χ4v) is 1.89. The standard InChI is InChI=1S/C14H21NO2/c1-5-13-9-7-8-11(3)14(13)15(12(4)16)10-17-6-2/h7-9H,5-6,10H2,1-4H3. The molecule has 0 heterocycles. The van der Waals surface area contributed by atoms with Gasteiger partial charge in [0, 0.05) is 13.5 Å². The first-order valence-corrected chi connectivity index (χ1v) is 6.06. The summed E-state index contributed by atoms with van der Waals surface area (Å²) in [5, 5.41) is 0. The maximum absolute atomic E-state index is 11.7. The molecule has 1 amide bonds. The summed E-state index contributed by atoms with van der Waals surface area (Å²) in [7, 11) is 0. The van der Waals surface area contributed by atoms with E-state index in [9.17, 15) is 4.79 Å². The molecule has 0 spiro atoms. The van der Waals surface area contributed by atoms with E-state index in [0.29, 0.717) is 13.3 Å². The zero-order valence-electron chi connectivity index (χ0n) is 11.1. The van der Waals surface area contributed by atoms with E-state index in [-0.39, 0.29) is 5.91 Å². The van der Waals surface area contributed by atoms with Crippen LogP contribution in [0.5, 0.6) is 0 Å². The molecular formula is C14H21NO2. The number of amides is 1. The molecule has 1 aromatic rings. The van der Waals surface area contributed by atoms with Crippen molar-refractivity contribution in [1.82, 2.24) is 0 Å². The molecule has 0 atom stereocenters. The SMILES string of the molecule is CCOCN(C(C)=O)c1c(C)cccc1CC. The Morgan fingerprint density at radius 2 is 2.06 bits per heavy atom. The van der Waals surface area contributed by atoms with E-state index in [1.807, 2.05) is 26.0 Å². The smallest absolute Gasteiger partial charge is 0.225 e. The van der Waals surface area contributed by atoms with Gasteiger partial charge in [-0.25, -0.2) is 0 Å². The molecule has 1 rings (SSSR count). The Kier molecular flexibility index (Phi) is 5.16. The summed E-state index contributed by atoms with van der Waals surface area (Å²) in [6.45, 7) is 8.55. The summed E-state index contributed by atoms with van der Waals surface area (Å²) < 4.78 is 5.37. The van der Waals surface area contributed by atoms with Gasteiger partial charge in [0.05, 0.1) is 5.69 Å². The third kappa shape index (κ3) is 3.30. The highest BCUT2D eigenvalue weighted by molar-refractivity contribution is 5.93. The van der Waals surface area contributed by atoms with Gasteiger partial charge >= 0.3 is 0 Å². The van der Waals surface area contributed by atoms with Crippen LogP contribution in [0.2, 0.25) is 0 Å². The van der Waals surface area contributed by atoms with Gasteiger partial charge in [0.1, 0.15) is 6.73 Å². The molecule has 3 nitrogen and oxygen atoms in total. The van der Waals surface area contributed by atoms with Crippen molar-refractivity contribution in [2.24, 2.45) is 0 Å². The Morgan fingerprint density at radius 1 is 1.35 bits per heavy atom. The van der Waals surface area contributed by atoms with Gasteiger partial charge < -0.3 is 4.74 Å². The Hall–Kier alpha value is -1.35. The van der Waals surface area contributed by atoms with E-state index in [1.165, 1.54) is 5.56 Å². The highest BCUT2D eigenvalue weighted by atomic mass is 16.5. The third-order valence-corrected chi connectivity index (χ3v) is 2.78. The fourth-order valence-electron chi connectivity index (χ4n) is 1.89. The average Bonchev–Trinajstić information content (AvgIpc) is 2.30. The molecule has 94 valence electrons. The van der Waals surface area contributed by atoms with Gasteiger partial charge in [-0.1, -0.05) is 25.1 Å². The molecule has 0 unspecified atom stereocenters. The molecule has 0 aromatic heterocycles. The minimum atomic E-state index is 0.0162. The normalized spacial score (nSPS) is 10.4. The number of aryl methyl sites for hydroxylation is 2. The third-order valence-electron chi connectivity index (χ3n) is 2.78. The Balaban J connectivity index is 3.12. The number of benzene rings is 1. The first kappa shape index (κ1) is 13.7. The Labute approximate surface area is 103 Å². The maximum Gasteiger partial charge on any atom is 0.225 e. The first-order chi connectivity index (χ1) is 8.11. The van der Waals surface area contributed by atoms with E-state index < -0.39 is 0 Å². The van der Waals surface area contributed by atoms with Crippen LogP contribution in [-0.4, -0.2) is 19.2 Å². The van der Waals surface area contributed by atoms with Crippen LogP contribution in [0.15, 0.2) is 18.2 Å². The van der Waals surface area contributed by atoms with Crippen LogP contribution < -0.4 is 4.90 Å². The monoisotopic (exact) mass is 235 g/mol. The summed E-state index contributed by atoms with van der Waals surface area (Å²) in [5.41, 5.74) is 3.29. The first-order valence-electron chi connectivity index (χ1n) is 6.06. The van der Waals surface area contributed by atoms with Crippen LogP contribution in [0.3, 0.4) is 0 Å². The van der Waals surface area contributed by atoms with Crippen molar-refractivity contribution in [2.75, 3.05) is 18.2 Å². The van der Waals surface area contributed by atoms with Crippen LogP contribution in [0.4, 0.5) is 5.69 Å². The molecule has 3 heteroatoms. The number of hydrogen-bond acceptors (Lipinski definition) is 2. The van der Waals surface area contributed by atoms with Crippen LogP contribution in [0.25, 0.3) is 0 Å². The summed E-state index contributed by atoms with van der Waals surface area (Å²) >= 11 is 0. The predicted molar refractivity (Wildman–Crippen MR) is 70.2 cm³/mol. The van der Waals surface area contributed by atoms with E-state index in [2.05, 4.69) is 13.0 Å². The zero-order chi connectivity index (χ0) is 12.8. The van der Waals surface area contributed by atoms with Gasteiger partial charge in [-0.2, -0.15) is 0 Å². The van der Waals surface area contributed by atoms with Gasteiger partial charge in [0.25, 0.3) is 0 Å². The number of anilines is 1. The predicted octanol–water partition coefficient (Wildman–Crippen LogP) is 2.90. The average molecular weight is 235 g/mol. The molecule has 17 heavy (non-hydrogen) atoms. The second-order valence-electron chi connectivity index (χ2n) is 4.01. The quantitative estimate of drug-likeness (QED) is 0.734. The maximum atomic E-state index is 11.7. The van der Waals surface area contributed by atoms with E-state index in [0.717, 1.165) is 17.7 Å². The van der Waals surface area contributed by atoms with Crippen molar-refractivity contribution in [3.8, 4) is 0 Å².